The molecule has 0 saturated heterocycles. The van der Waals surface area contributed by atoms with Crippen LogP contribution in [-0.4, -0.2) is 13.2 Å². The first-order chi connectivity index (χ1) is 7.20. The summed E-state index contributed by atoms with van der Waals surface area (Å²) in [5, 5.41) is 0.634. The molecule has 1 unspecified atom stereocenters. The summed E-state index contributed by atoms with van der Waals surface area (Å²) >= 11 is 6.09. The lowest BCUT2D eigenvalue weighted by Crippen LogP contribution is -2.09. The Morgan fingerprint density at radius 2 is 2.07 bits per heavy atom. The van der Waals surface area contributed by atoms with Crippen molar-refractivity contribution >= 4 is 11.6 Å². The lowest BCUT2D eigenvalue weighted by molar-refractivity contribution is 0.295. The number of halogens is 1. The van der Waals surface area contributed by atoms with Crippen LogP contribution in [0.3, 0.4) is 0 Å². The second-order valence-electron chi connectivity index (χ2n) is 3.63. The van der Waals surface area contributed by atoms with E-state index in [0.717, 1.165) is 17.7 Å². The Bertz CT molecular complexity index is 366. The molecule has 0 amide bonds. The molecule has 82 valence electrons. The monoisotopic (exact) mass is 227 g/mol. The quantitative estimate of drug-likeness (QED) is 0.802. The molecule has 1 aliphatic rings. The van der Waals surface area contributed by atoms with E-state index in [0.29, 0.717) is 24.0 Å². The predicted molar refractivity (Wildman–Crippen MR) is 59.7 cm³/mol. The fraction of sp³-hybridized carbons (Fsp3) is 0.455. The van der Waals surface area contributed by atoms with Crippen molar-refractivity contribution in [1.82, 2.24) is 0 Å². The van der Waals surface area contributed by atoms with E-state index in [9.17, 15) is 0 Å². The third-order valence-electron chi connectivity index (χ3n) is 2.35. The van der Waals surface area contributed by atoms with Crippen molar-refractivity contribution in [2.24, 2.45) is 5.73 Å². The Labute approximate surface area is 94.1 Å². The van der Waals surface area contributed by atoms with Crippen molar-refractivity contribution in [3.63, 3.8) is 0 Å². The van der Waals surface area contributed by atoms with Gasteiger partial charge in [0.25, 0.3) is 0 Å². The molecule has 0 saturated carbocycles. The minimum Gasteiger partial charge on any atom is -0.490 e. The third kappa shape index (κ3) is 2.03. The van der Waals surface area contributed by atoms with Crippen molar-refractivity contribution in [2.45, 2.75) is 19.4 Å². The lowest BCUT2D eigenvalue weighted by Gasteiger charge is -2.16. The molecular weight excluding hydrogens is 214 g/mol. The van der Waals surface area contributed by atoms with Crippen LogP contribution >= 0.6 is 11.6 Å². The standard InChI is InChI=1S/C11H14ClNO2/c1-7(13)10-8(12)3-4-9-11(10)15-6-2-5-14-9/h3-4,7H,2,5-6,13H2,1H3. The van der Waals surface area contributed by atoms with Crippen molar-refractivity contribution in [2.75, 3.05) is 13.2 Å². The van der Waals surface area contributed by atoms with Gasteiger partial charge in [0.05, 0.1) is 13.2 Å². The fourth-order valence-electron chi connectivity index (χ4n) is 1.66. The average Bonchev–Trinajstić information content (AvgIpc) is 2.41. The van der Waals surface area contributed by atoms with Gasteiger partial charge in [0.2, 0.25) is 0 Å². The van der Waals surface area contributed by atoms with Crippen LogP contribution in [0.25, 0.3) is 0 Å². The van der Waals surface area contributed by atoms with Gasteiger partial charge in [-0.2, -0.15) is 0 Å². The van der Waals surface area contributed by atoms with Gasteiger partial charge in [-0.1, -0.05) is 11.6 Å². The maximum absolute atomic E-state index is 6.09. The van der Waals surface area contributed by atoms with Gasteiger partial charge in [0, 0.05) is 23.0 Å². The number of nitrogens with two attached hydrogens (primary N) is 1. The summed E-state index contributed by atoms with van der Waals surface area (Å²) in [5.74, 6) is 1.44. The summed E-state index contributed by atoms with van der Waals surface area (Å²) in [7, 11) is 0. The molecule has 0 spiro atoms. The van der Waals surface area contributed by atoms with Gasteiger partial charge >= 0.3 is 0 Å². The molecule has 1 aromatic carbocycles. The van der Waals surface area contributed by atoms with Crippen molar-refractivity contribution < 1.29 is 9.47 Å². The second-order valence-corrected chi connectivity index (χ2v) is 4.03. The molecule has 2 N–H and O–H groups in total. The zero-order valence-electron chi connectivity index (χ0n) is 8.63. The predicted octanol–water partition coefficient (Wildman–Crippen LogP) is 2.52. The zero-order chi connectivity index (χ0) is 10.8. The SMILES string of the molecule is CC(N)c1c(Cl)ccc2c1OCCCO2. The van der Waals surface area contributed by atoms with Gasteiger partial charge in [0.15, 0.2) is 11.5 Å². The van der Waals surface area contributed by atoms with Gasteiger partial charge in [-0.15, -0.1) is 0 Å². The topological polar surface area (TPSA) is 44.5 Å². The minimum absolute atomic E-state index is 0.158. The van der Waals surface area contributed by atoms with E-state index < -0.39 is 0 Å². The maximum atomic E-state index is 6.09. The molecule has 0 fully saturated rings. The minimum atomic E-state index is -0.158. The van der Waals surface area contributed by atoms with Crippen LogP contribution < -0.4 is 15.2 Å². The molecule has 3 nitrogen and oxygen atoms in total. The number of rotatable bonds is 1. The van der Waals surface area contributed by atoms with Crippen LogP contribution in [0, 0.1) is 0 Å². The summed E-state index contributed by atoms with van der Waals surface area (Å²) in [4.78, 5) is 0. The van der Waals surface area contributed by atoms with E-state index in [1.807, 2.05) is 13.0 Å². The third-order valence-corrected chi connectivity index (χ3v) is 2.68. The van der Waals surface area contributed by atoms with Crippen molar-refractivity contribution in [1.29, 1.82) is 0 Å². The van der Waals surface area contributed by atoms with Crippen LogP contribution in [0.1, 0.15) is 24.9 Å². The molecule has 1 heterocycles. The Morgan fingerprint density at radius 1 is 1.33 bits per heavy atom. The van der Waals surface area contributed by atoms with E-state index in [-0.39, 0.29) is 6.04 Å². The first kappa shape index (κ1) is 10.6. The summed E-state index contributed by atoms with van der Waals surface area (Å²) in [5.41, 5.74) is 6.70. The van der Waals surface area contributed by atoms with Crippen LogP contribution in [0.2, 0.25) is 5.02 Å². The first-order valence-electron chi connectivity index (χ1n) is 5.03. The van der Waals surface area contributed by atoms with Gasteiger partial charge < -0.3 is 15.2 Å². The van der Waals surface area contributed by atoms with E-state index in [1.54, 1.807) is 6.07 Å². The molecule has 0 aromatic heterocycles. The molecular formula is C11H14ClNO2. The Hall–Kier alpha value is -0.930. The largest absolute Gasteiger partial charge is 0.490 e. The number of hydrogen-bond acceptors (Lipinski definition) is 3. The van der Waals surface area contributed by atoms with E-state index in [4.69, 9.17) is 26.8 Å². The molecule has 2 rings (SSSR count). The molecule has 15 heavy (non-hydrogen) atoms. The molecule has 0 aliphatic carbocycles. The molecule has 0 bridgehead atoms. The highest BCUT2D eigenvalue weighted by Gasteiger charge is 2.19. The Balaban J connectivity index is 2.51. The highest BCUT2D eigenvalue weighted by Crippen LogP contribution is 2.40. The number of benzene rings is 1. The van der Waals surface area contributed by atoms with E-state index in [1.165, 1.54) is 0 Å². The highest BCUT2D eigenvalue weighted by molar-refractivity contribution is 6.31. The van der Waals surface area contributed by atoms with E-state index in [2.05, 4.69) is 0 Å². The normalized spacial score (nSPS) is 17.0. The average molecular weight is 228 g/mol. The van der Waals surface area contributed by atoms with Gasteiger partial charge in [-0.25, -0.2) is 0 Å². The number of fused-ring (bicyclic) bond motifs is 1. The fourth-order valence-corrected chi connectivity index (χ4v) is 1.98. The molecule has 1 aromatic rings. The number of ether oxygens (including phenoxy) is 2. The Kier molecular flexibility index (Phi) is 3.03. The lowest BCUT2D eigenvalue weighted by atomic mass is 10.1. The molecule has 0 radical (unpaired) electrons. The first-order valence-corrected chi connectivity index (χ1v) is 5.41. The summed E-state index contributed by atoms with van der Waals surface area (Å²) in [6, 6.07) is 3.47. The van der Waals surface area contributed by atoms with E-state index >= 15 is 0 Å². The zero-order valence-corrected chi connectivity index (χ0v) is 9.38. The molecule has 4 heteroatoms. The second kappa shape index (κ2) is 4.29. The van der Waals surface area contributed by atoms with Gasteiger partial charge in [-0.3, -0.25) is 0 Å². The van der Waals surface area contributed by atoms with Crippen molar-refractivity contribution in [3.8, 4) is 11.5 Å². The van der Waals surface area contributed by atoms with Crippen LogP contribution in [0.15, 0.2) is 12.1 Å². The maximum Gasteiger partial charge on any atom is 0.167 e. The van der Waals surface area contributed by atoms with Gasteiger partial charge in [-0.05, 0) is 19.1 Å². The number of hydrogen-bond donors (Lipinski definition) is 1. The van der Waals surface area contributed by atoms with Crippen LogP contribution in [-0.2, 0) is 0 Å². The van der Waals surface area contributed by atoms with Crippen LogP contribution in [0.5, 0.6) is 11.5 Å². The Morgan fingerprint density at radius 3 is 2.80 bits per heavy atom. The summed E-state index contributed by atoms with van der Waals surface area (Å²) in [6.07, 6.45) is 0.880. The van der Waals surface area contributed by atoms with Crippen molar-refractivity contribution in [3.05, 3.63) is 22.7 Å². The molecule has 1 aliphatic heterocycles. The summed E-state index contributed by atoms with van der Waals surface area (Å²) in [6.45, 7) is 3.20. The van der Waals surface area contributed by atoms with Gasteiger partial charge in [0.1, 0.15) is 0 Å². The molecule has 1 atom stereocenters. The smallest absolute Gasteiger partial charge is 0.167 e. The summed E-state index contributed by atoms with van der Waals surface area (Å²) < 4.78 is 11.2. The highest BCUT2D eigenvalue weighted by atomic mass is 35.5. The van der Waals surface area contributed by atoms with Crippen LogP contribution in [0.4, 0.5) is 0 Å².